The van der Waals surface area contributed by atoms with Crippen LogP contribution < -0.4 is 5.73 Å². The number of nitrogens with zero attached hydrogens (tertiary/aromatic N) is 3. The van der Waals surface area contributed by atoms with Crippen molar-refractivity contribution in [3.63, 3.8) is 0 Å². The van der Waals surface area contributed by atoms with Gasteiger partial charge in [-0.25, -0.2) is 19.0 Å². The molecule has 2 N–H and O–H groups in total. The Morgan fingerprint density at radius 2 is 1.64 bits per heavy atom. The monoisotopic (exact) mass is 510 g/mol. The van der Waals surface area contributed by atoms with E-state index in [1.54, 1.807) is 66.7 Å². The van der Waals surface area contributed by atoms with Gasteiger partial charge in [-0.2, -0.15) is 4.98 Å². The Hall–Kier alpha value is -4.02. The van der Waals surface area contributed by atoms with Crippen molar-refractivity contribution in [3.05, 3.63) is 89.3 Å². The van der Waals surface area contributed by atoms with Gasteiger partial charge in [0.15, 0.2) is 18.5 Å². The second-order valence-electron chi connectivity index (χ2n) is 8.05. The zero-order valence-corrected chi connectivity index (χ0v) is 19.4. The summed E-state index contributed by atoms with van der Waals surface area (Å²) in [5.41, 5.74) is 6.72. The van der Waals surface area contributed by atoms with Crippen LogP contribution in [-0.2, 0) is 14.2 Å². The lowest BCUT2D eigenvalue weighted by atomic mass is 10.1. The Labute approximate surface area is 209 Å². The lowest BCUT2D eigenvalue weighted by Gasteiger charge is -2.19. The van der Waals surface area contributed by atoms with Gasteiger partial charge in [-0.3, -0.25) is 0 Å². The summed E-state index contributed by atoms with van der Waals surface area (Å²) in [6.07, 6.45) is -4.04. The molecule has 1 aliphatic heterocycles. The lowest BCUT2D eigenvalue weighted by molar-refractivity contribution is -0.0568. The molecule has 0 amide bonds. The van der Waals surface area contributed by atoms with E-state index < -0.39 is 36.5 Å². The van der Waals surface area contributed by atoms with Gasteiger partial charge < -0.3 is 24.5 Å². The number of aromatic nitrogens is 3. The van der Waals surface area contributed by atoms with E-state index in [4.69, 9.17) is 31.5 Å². The number of hydrogen-bond acceptors (Lipinski definition) is 8. The molecular weight excluding hydrogens is 491 g/mol. The number of hydrogen-bond donors (Lipinski definition) is 1. The van der Waals surface area contributed by atoms with E-state index in [-0.39, 0.29) is 28.9 Å². The Kier molecular flexibility index (Phi) is 6.53. The first-order chi connectivity index (χ1) is 17.4. The summed E-state index contributed by atoms with van der Waals surface area (Å²) in [4.78, 5) is 33.2. The third-order valence-corrected chi connectivity index (χ3v) is 5.93. The Morgan fingerprint density at radius 1 is 1.00 bits per heavy atom. The van der Waals surface area contributed by atoms with Gasteiger partial charge in [-0.05, 0) is 41.9 Å². The summed E-state index contributed by atoms with van der Waals surface area (Å²) in [5.74, 6) is -1.23. The number of nitrogens with two attached hydrogens (primary N) is 1. The fraction of sp³-hybridized carbons (Fsp3) is 0.200. The Bertz CT molecular complexity index is 1400. The number of esters is 2. The summed E-state index contributed by atoms with van der Waals surface area (Å²) >= 11 is 5.96. The molecule has 0 aliphatic carbocycles. The maximum Gasteiger partial charge on any atom is 0.338 e. The molecule has 184 valence electrons. The molecule has 4 aromatic rings. The number of carbonyl (C=O) groups is 2. The molecular formula is C25H20ClFN4O5. The molecule has 0 bridgehead atoms. The Morgan fingerprint density at radius 3 is 2.31 bits per heavy atom. The van der Waals surface area contributed by atoms with Crippen molar-refractivity contribution < 1.29 is 28.2 Å². The first-order valence-electron chi connectivity index (χ1n) is 11.0. The summed E-state index contributed by atoms with van der Waals surface area (Å²) in [7, 11) is 0. The lowest BCUT2D eigenvalue weighted by Crippen LogP contribution is -2.37. The molecule has 36 heavy (non-hydrogen) atoms. The van der Waals surface area contributed by atoms with Crippen LogP contribution in [-0.4, -0.2) is 51.5 Å². The van der Waals surface area contributed by atoms with Gasteiger partial charge in [-0.15, -0.1) is 0 Å². The fourth-order valence-corrected chi connectivity index (χ4v) is 4.18. The minimum Gasteiger partial charge on any atom is -0.459 e. The minimum absolute atomic E-state index is 0.117. The van der Waals surface area contributed by atoms with Crippen molar-refractivity contribution in [1.82, 2.24) is 14.5 Å². The van der Waals surface area contributed by atoms with Crippen LogP contribution in [0.5, 0.6) is 0 Å². The molecule has 2 aromatic heterocycles. The highest BCUT2D eigenvalue weighted by atomic mass is 35.5. The number of ether oxygens (including phenoxy) is 3. The number of benzene rings is 2. The van der Waals surface area contributed by atoms with Crippen molar-refractivity contribution in [2.45, 2.75) is 24.6 Å². The fourth-order valence-electron chi connectivity index (χ4n) is 4.01. The maximum atomic E-state index is 15.8. The second-order valence-corrected chi connectivity index (χ2v) is 8.39. The first kappa shape index (κ1) is 23.7. The summed E-state index contributed by atoms with van der Waals surface area (Å²) in [6, 6.07) is 18.1. The maximum absolute atomic E-state index is 15.8. The van der Waals surface area contributed by atoms with Gasteiger partial charge in [0.1, 0.15) is 24.2 Å². The molecule has 0 spiro atoms. The van der Waals surface area contributed by atoms with E-state index in [0.29, 0.717) is 10.9 Å². The molecule has 0 saturated carbocycles. The van der Waals surface area contributed by atoms with Crippen molar-refractivity contribution in [2.24, 2.45) is 0 Å². The predicted octanol–water partition coefficient (Wildman–Crippen LogP) is 3.99. The predicted molar refractivity (Wildman–Crippen MR) is 128 cm³/mol. The van der Waals surface area contributed by atoms with Crippen LogP contribution >= 0.6 is 11.6 Å². The number of rotatable bonds is 6. The molecule has 3 heterocycles. The second kappa shape index (κ2) is 9.92. The third kappa shape index (κ3) is 4.60. The Balaban J connectivity index is 1.42. The normalized spacial score (nSPS) is 21.4. The zero-order valence-electron chi connectivity index (χ0n) is 18.7. The highest BCUT2D eigenvalue weighted by Crippen LogP contribution is 2.37. The topological polar surface area (TPSA) is 119 Å². The molecule has 4 unspecified atom stereocenters. The van der Waals surface area contributed by atoms with Crippen molar-refractivity contribution in [3.8, 4) is 0 Å². The van der Waals surface area contributed by atoms with E-state index in [0.717, 1.165) is 0 Å². The molecule has 1 saturated heterocycles. The highest BCUT2D eigenvalue weighted by Gasteiger charge is 2.49. The van der Waals surface area contributed by atoms with Gasteiger partial charge in [0.2, 0.25) is 5.28 Å². The average Bonchev–Trinajstić information content (AvgIpc) is 3.44. The van der Waals surface area contributed by atoms with E-state index in [2.05, 4.69) is 9.97 Å². The molecule has 1 aliphatic rings. The van der Waals surface area contributed by atoms with Crippen molar-refractivity contribution in [1.29, 1.82) is 0 Å². The van der Waals surface area contributed by atoms with Crippen LogP contribution in [0.15, 0.2) is 72.9 Å². The van der Waals surface area contributed by atoms with Crippen molar-refractivity contribution >= 4 is 40.4 Å². The number of fused-ring (bicyclic) bond motifs is 1. The molecule has 2 aromatic carbocycles. The van der Waals surface area contributed by atoms with Gasteiger partial charge in [-0.1, -0.05) is 36.4 Å². The molecule has 11 heteroatoms. The molecule has 0 radical (unpaired) electrons. The zero-order chi connectivity index (χ0) is 25.2. The summed E-state index contributed by atoms with van der Waals surface area (Å²) in [5, 5.41) is 0.334. The molecule has 1 fully saturated rings. The van der Waals surface area contributed by atoms with Gasteiger partial charge >= 0.3 is 11.9 Å². The first-order valence-corrected chi connectivity index (χ1v) is 11.4. The number of anilines is 1. The van der Waals surface area contributed by atoms with E-state index in [9.17, 15) is 9.59 Å². The molecule has 5 rings (SSSR count). The van der Waals surface area contributed by atoms with Crippen LogP contribution in [0.1, 0.15) is 26.9 Å². The van der Waals surface area contributed by atoms with Crippen LogP contribution in [0.25, 0.3) is 11.0 Å². The van der Waals surface area contributed by atoms with Crippen LogP contribution in [0, 0.1) is 0 Å². The summed E-state index contributed by atoms with van der Waals surface area (Å²) < 4.78 is 34.1. The SMILES string of the molecule is Nc1nc(Cl)nc2c1ccn2C1OC(COC(=O)c2ccccc2)C(OC(=O)c2ccccc2)C1F. The van der Waals surface area contributed by atoms with Gasteiger partial charge in [0, 0.05) is 6.20 Å². The standard InChI is InChI=1S/C25H20ClFN4O5/c26-25-29-20(28)16-11-12-31(21(16)30-25)22-18(27)19(36-24(33)15-9-5-2-6-10-15)17(35-22)13-34-23(32)14-7-3-1-4-8-14/h1-12,17-19,22H,13H2,(H2,28,29,30). The van der Waals surface area contributed by atoms with Crippen LogP contribution in [0.3, 0.4) is 0 Å². The number of alkyl halides is 1. The summed E-state index contributed by atoms with van der Waals surface area (Å²) in [6.45, 7) is -0.353. The molecule has 4 atom stereocenters. The molecule has 9 nitrogen and oxygen atoms in total. The van der Waals surface area contributed by atoms with Gasteiger partial charge in [0.05, 0.1) is 16.5 Å². The smallest absolute Gasteiger partial charge is 0.338 e. The van der Waals surface area contributed by atoms with E-state index in [1.807, 2.05) is 0 Å². The van der Waals surface area contributed by atoms with Crippen molar-refractivity contribution in [2.75, 3.05) is 12.3 Å². The third-order valence-electron chi connectivity index (χ3n) is 5.76. The van der Waals surface area contributed by atoms with Crippen LogP contribution in [0.2, 0.25) is 5.28 Å². The van der Waals surface area contributed by atoms with Gasteiger partial charge in [0.25, 0.3) is 0 Å². The number of carbonyl (C=O) groups excluding carboxylic acids is 2. The van der Waals surface area contributed by atoms with Crippen LogP contribution in [0.4, 0.5) is 10.2 Å². The van der Waals surface area contributed by atoms with E-state index >= 15 is 4.39 Å². The highest BCUT2D eigenvalue weighted by molar-refractivity contribution is 6.28. The quantitative estimate of drug-likeness (QED) is 0.305. The van der Waals surface area contributed by atoms with E-state index in [1.165, 1.54) is 10.8 Å². The average molecular weight is 511 g/mol. The number of halogens is 2. The number of nitrogen functional groups attached to an aromatic ring is 1. The minimum atomic E-state index is -1.83. The largest absolute Gasteiger partial charge is 0.459 e.